The Morgan fingerprint density at radius 1 is 1.00 bits per heavy atom. The number of nitrogens with zero attached hydrogens (tertiary/aromatic N) is 4. The second-order valence-corrected chi connectivity index (χ2v) is 5.17. The maximum atomic E-state index is 5.55. The van der Waals surface area contributed by atoms with E-state index < -0.39 is 0 Å². The fraction of sp³-hybridized carbons (Fsp3) is 0.294. The highest BCUT2D eigenvalue weighted by atomic mass is 16.5. The average molecular weight is 296 g/mol. The highest BCUT2D eigenvalue weighted by Crippen LogP contribution is 2.12. The molecular formula is C17H20N4O. The summed E-state index contributed by atoms with van der Waals surface area (Å²) in [5.41, 5.74) is 0. The highest BCUT2D eigenvalue weighted by Gasteiger charge is 2.16. The molecule has 5 nitrogen and oxygen atoms in total. The van der Waals surface area contributed by atoms with Crippen molar-refractivity contribution in [3.63, 3.8) is 0 Å². The van der Waals surface area contributed by atoms with Crippen LogP contribution in [-0.2, 0) is 0 Å². The number of anilines is 1. The molecule has 2 heterocycles. The van der Waals surface area contributed by atoms with Gasteiger partial charge in [0.25, 0.3) is 0 Å². The van der Waals surface area contributed by atoms with E-state index in [1.807, 2.05) is 42.5 Å². The lowest BCUT2D eigenvalue weighted by Crippen LogP contribution is -2.46. The lowest BCUT2D eigenvalue weighted by atomic mass is 10.3. The van der Waals surface area contributed by atoms with Gasteiger partial charge in [0.05, 0.1) is 6.26 Å². The van der Waals surface area contributed by atoms with Crippen molar-refractivity contribution in [3.8, 4) is 5.75 Å². The van der Waals surface area contributed by atoms with Gasteiger partial charge in [-0.25, -0.2) is 0 Å². The number of aromatic nitrogens is 2. The van der Waals surface area contributed by atoms with Gasteiger partial charge in [0, 0.05) is 38.9 Å². The van der Waals surface area contributed by atoms with E-state index in [0.717, 1.165) is 44.3 Å². The zero-order valence-corrected chi connectivity index (χ0v) is 12.5. The fourth-order valence-corrected chi connectivity index (χ4v) is 2.44. The molecule has 1 aromatic heterocycles. The third-order valence-corrected chi connectivity index (χ3v) is 3.66. The van der Waals surface area contributed by atoms with Crippen molar-refractivity contribution < 1.29 is 4.74 Å². The molecule has 0 aliphatic carbocycles. The first-order valence-corrected chi connectivity index (χ1v) is 7.53. The van der Waals surface area contributed by atoms with Crippen molar-refractivity contribution in [1.29, 1.82) is 0 Å². The standard InChI is InChI=1S/C17H20N4O/c1-2-6-16(7-3-1)22-15-5-10-20-11-13-21(14-12-20)17-8-4-9-18-19-17/h1-9,15H,10-14H2. The van der Waals surface area contributed by atoms with Crippen molar-refractivity contribution in [2.45, 2.75) is 0 Å². The van der Waals surface area contributed by atoms with Crippen LogP contribution in [0.3, 0.4) is 0 Å². The molecule has 3 rings (SSSR count). The smallest absolute Gasteiger partial charge is 0.151 e. The van der Waals surface area contributed by atoms with Crippen molar-refractivity contribution in [3.05, 3.63) is 61.0 Å². The molecule has 0 amide bonds. The maximum Gasteiger partial charge on any atom is 0.151 e. The highest BCUT2D eigenvalue weighted by molar-refractivity contribution is 5.36. The minimum absolute atomic E-state index is 0.867. The van der Waals surface area contributed by atoms with Gasteiger partial charge in [0.2, 0.25) is 0 Å². The third kappa shape index (κ3) is 4.05. The van der Waals surface area contributed by atoms with Gasteiger partial charge in [-0.05, 0) is 30.3 Å². The van der Waals surface area contributed by atoms with Crippen LogP contribution in [0.5, 0.6) is 5.75 Å². The number of hydrogen-bond acceptors (Lipinski definition) is 5. The molecular weight excluding hydrogens is 276 g/mol. The van der Waals surface area contributed by atoms with Gasteiger partial charge in [0.15, 0.2) is 5.82 Å². The fourth-order valence-electron chi connectivity index (χ4n) is 2.44. The number of para-hydroxylation sites is 1. The van der Waals surface area contributed by atoms with E-state index in [4.69, 9.17) is 4.74 Å². The van der Waals surface area contributed by atoms with E-state index >= 15 is 0 Å². The van der Waals surface area contributed by atoms with Crippen LogP contribution >= 0.6 is 0 Å². The number of benzene rings is 1. The zero-order valence-electron chi connectivity index (χ0n) is 12.5. The Kier molecular flexibility index (Phi) is 5.00. The number of ether oxygens (including phenoxy) is 1. The molecule has 0 saturated carbocycles. The molecule has 0 unspecified atom stereocenters. The molecule has 1 saturated heterocycles. The van der Waals surface area contributed by atoms with Crippen LogP contribution in [0, 0.1) is 0 Å². The minimum atomic E-state index is 0.867. The van der Waals surface area contributed by atoms with Crippen molar-refractivity contribution >= 4 is 5.82 Å². The Balaban J connectivity index is 1.41. The molecule has 0 spiro atoms. The van der Waals surface area contributed by atoms with Crippen LogP contribution < -0.4 is 9.64 Å². The molecule has 114 valence electrons. The summed E-state index contributed by atoms with van der Waals surface area (Å²) in [6, 6.07) is 13.7. The number of piperazine rings is 1. The molecule has 22 heavy (non-hydrogen) atoms. The topological polar surface area (TPSA) is 41.5 Å². The minimum Gasteiger partial charge on any atom is -0.465 e. The van der Waals surface area contributed by atoms with Crippen LogP contribution in [0.4, 0.5) is 5.82 Å². The van der Waals surface area contributed by atoms with Gasteiger partial charge in [-0.1, -0.05) is 18.2 Å². The van der Waals surface area contributed by atoms with Gasteiger partial charge in [-0.15, -0.1) is 5.10 Å². The SMILES string of the molecule is C(=COc1ccccc1)CN1CCN(c2cccnn2)CC1. The predicted molar refractivity (Wildman–Crippen MR) is 86.9 cm³/mol. The van der Waals surface area contributed by atoms with Gasteiger partial charge in [-0.2, -0.15) is 5.10 Å². The van der Waals surface area contributed by atoms with Gasteiger partial charge in [0.1, 0.15) is 5.75 Å². The van der Waals surface area contributed by atoms with E-state index in [9.17, 15) is 0 Å². The van der Waals surface area contributed by atoms with Gasteiger partial charge >= 0.3 is 0 Å². The van der Waals surface area contributed by atoms with Crippen LogP contribution in [0.1, 0.15) is 0 Å². The maximum absolute atomic E-state index is 5.55. The first kappa shape index (κ1) is 14.5. The van der Waals surface area contributed by atoms with Crippen molar-refractivity contribution in [2.24, 2.45) is 0 Å². The quantitative estimate of drug-likeness (QED) is 0.791. The summed E-state index contributed by atoms with van der Waals surface area (Å²) in [5, 5.41) is 8.10. The Hall–Kier alpha value is -2.40. The second-order valence-electron chi connectivity index (χ2n) is 5.17. The van der Waals surface area contributed by atoms with E-state index in [0.29, 0.717) is 0 Å². The lowest BCUT2D eigenvalue weighted by Gasteiger charge is -2.34. The number of rotatable bonds is 5. The summed E-state index contributed by atoms with van der Waals surface area (Å²) in [6.07, 6.45) is 5.53. The first-order valence-electron chi connectivity index (χ1n) is 7.53. The monoisotopic (exact) mass is 296 g/mol. The molecule has 0 radical (unpaired) electrons. The number of hydrogen-bond donors (Lipinski definition) is 0. The Labute approximate surface area is 130 Å². The second kappa shape index (κ2) is 7.56. The lowest BCUT2D eigenvalue weighted by molar-refractivity contribution is 0.281. The summed E-state index contributed by atoms with van der Waals surface area (Å²) in [6.45, 7) is 4.90. The van der Waals surface area contributed by atoms with Crippen LogP contribution in [0.2, 0.25) is 0 Å². The van der Waals surface area contributed by atoms with E-state index in [2.05, 4.69) is 26.1 Å². The van der Waals surface area contributed by atoms with Gasteiger partial charge < -0.3 is 9.64 Å². The zero-order chi connectivity index (χ0) is 15.0. The summed E-state index contributed by atoms with van der Waals surface area (Å²) in [5.74, 6) is 1.83. The molecule has 5 heteroatoms. The van der Waals surface area contributed by atoms with Crippen molar-refractivity contribution in [2.75, 3.05) is 37.6 Å². The van der Waals surface area contributed by atoms with E-state index in [1.54, 1.807) is 12.5 Å². The molecule has 2 aromatic rings. The normalized spacial score (nSPS) is 16.1. The van der Waals surface area contributed by atoms with E-state index in [1.165, 1.54) is 0 Å². The third-order valence-electron chi connectivity index (χ3n) is 3.66. The largest absolute Gasteiger partial charge is 0.465 e. The molecule has 1 fully saturated rings. The Morgan fingerprint density at radius 3 is 2.55 bits per heavy atom. The van der Waals surface area contributed by atoms with Gasteiger partial charge in [-0.3, -0.25) is 4.90 Å². The van der Waals surface area contributed by atoms with E-state index in [-0.39, 0.29) is 0 Å². The summed E-state index contributed by atoms with van der Waals surface area (Å²) in [7, 11) is 0. The molecule has 1 aliphatic heterocycles. The molecule has 0 N–H and O–H groups in total. The Bertz CT molecular complexity index is 580. The molecule has 0 atom stereocenters. The summed E-state index contributed by atoms with van der Waals surface area (Å²) < 4.78 is 5.55. The summed E-state index contributed by atoms with van der Waals surface area (Å²) in [4.78, 5) is 4.67. The summed E-state index contributed by atoms with van der Waals surface area (Å²) >= 11 is 0. The predicted octanol–water partition coefficient (Wildman–Crippen LogP) is 2.19. The average Bonchev–Trinajstić information content (AvgIpc) is 2.61. The first-order chi connectivity index (χ1) is 10.9. The van der Waals surface area contributed by atoms with Crippen LogP contribution in [-0.4, -0.2) is 47.8 Å². The van der Waals surface area contributed by atoms with Crippen LogP contribution in [0.15, 0.2) is 61.0 Å². The van der Waals surface area contributed by atoms with Crippen molar-refractivity contribution in [1.82, 2.24) is 15.1 Å². The Morgan fingerprint density at radius 2 is 1.82 bits per heavy atom. The molecule has 0 bridgehead atoms. The molecule has 1 aromatic carbocycles. The molecule has 1 aliphatic rings. The van der Waals surface area contributed by atoms with Crippen LogP contribution in [0.25, 0.3) is 0 Å².